The normalized spacial score (nSPS) is 17.2. The molecule has 0 unspecified atom stereocenters. The van der Waals surface area contributed by atoms with Crippen molar-refractivity contribution in [1.82, 2.24) is 0 Å². The first-order valence-electron chi connectivity index (χ1n) is 12.1. The molecular weight excluding hydrogens is 472 g/mol. The lowest BCUT2D eigenvalue weighted by atomic mass is 9.84. The number of carbonyl (C=O) groups is 2. The highest BCUT2D eigenvalue weighted by atomic mass is 16.5. The van der Waals surface area contributed by atoms with Crippen LogP contribution in [-0.4, -0.2) is 33.1 Å². The predicted molar refractivity (Wildman–Crippen MR) is 138 cm³/mol. The number of ketones is 1. The first-order chi connectivity index (χ1) is 17.8. The molecular formula is C30H28O7. The third-order valence-corrected chi connectivity index (χ3v) is 6.81. The molecule has 3 aromatic carbocycles. The summed E-state index contributed by atoms with van der Waals surface area (Å²) in [5, 5.41) is 0. The van der Waals surface area contributed by atoms with Gasteiger partial charge in [-0.3, -0.25) is 9.59 Å². The average Bonchev–Trinajstić information content (AvgIpc) is 3.22. The Morgan fingerprint density at radius 1 is 0.865 bits per heavy atom. The van der Waals surface area contributed by atoms with Gasteiger partial charge in [-0.15, -0.1) is 0 Å². The van der Waals surface area contributed by atoms with Gasteiger partial charge < -0.3 is 23.7 Å². The Balaban J connectivity index is 1.58. The van der Waals surface area contributed by atoms with Crippen LogP contribution in [0.5, 0.6) is 28.7 Å². The zero-order valence-electron chi connectivity index (χ0n) is 21.4. The fraction of sp³-hybridized carbons (Fsp3) is 0.267. The summed E-state index contributed by atoms with van der Waals surface area (Å²) in [6.45, 7) is 4.27. The van der Waals surface area contributed by atoms with Crippen LogP contribution in [0, 0.1) is 0 Å². The first-order valence-corrected chi connectivity index (χ1v) is 12.1. The third kappa shape index (κ3) is 4.31. The van der Waals surface area contributed by atoms with E-state index < -0.39 is 0 Å². The molecule has 0 bridgehead atoms. The van der Waals surface area contributed by atoms with Gasteiger partial charge in [0, 0.05) is 23.1 Å². The molecule has 7 nitrogen and oxygen atoms in total. The van der Waals surface area contributed by atoms with Crippen molar-refractivity contribution in [2.75, 3.05) is 21.3 Å². The van der Waals surface area contributed by atoms with E-state index in [1.165, 1.54) is 19.8 Å². The number of Topliss-reactive ketones (excluding diaryl/α,β-unsaturated/α-hetero) is 1. The molecule has 2 aliphatic rings. The van der Waals surface area contributed by atoms with E-state index in [1.54, 1.807) is 37.5 Å². The van der Waals surface area contributed by atoms with Gasteiger partial charge in [0.15, 0.2) is 17.3 Å². The smallest absolute Gasteiger partial charge is 0.312 e. The number of esters is 1. The van der Waals surface area contributed by atoms with Gasteiger partial charge in [0.25, 0.3) is 0 Å². The Bertz CT molecular complexity index is 1420. The minimum atomic E-state index is -0.319. The summed E-state index contributed by atoms with van der Waals surface area (Å²) in [7, 11) is 4.61. The lowest BCUT2D eigenvalue weighted by Crippen LogP contribution is -2.21. The van der Waals surface area contributed by atoms with E-state index in [9.17, 15) is 9.59 Å². The van der Waals surface area contributed by atoms with Crippen molar-refractivity contribution in [2.24, 2.45) is 0 Å². The van der Waals surface area contributed by atoms with E-state index >= 15 is 0 Å². The van der Waals surface area contributed by atoms with Crippen LogP contribution >= 0.6 is 0 Å². The van der Waals surface area contributed by atoms with Gasteiger partial charge >= 0.3 is 5.97 Å². The topological polar surface area (TPSA) is 80.3 Å². The van der Waals surface area contributed by atoms with Crippen LogP contribution in [0.1, 0.15) is 64.7 Å². The van der Waals surface area contributed by atoms with E-state index in [0.717, 1.165) is 5.56 Å². The predicted octanol–water partition coefficient (Wildman–Crippen LogP) is 5.89. The fourth-order valence-corrected chi connectivity index (χ4v) is 4.81. The molecule has 2 aliphatic heterocycles. The van der Waals surface area contributed by atoms with E-state index in [4.69, 9.17) is 23.7 Å². The summed E-state index contributed by atoms with van der Waals surface area (Å²) in [6, 6.07) is 14.9. The number of hydrogen-bond acceptors (Lipinski definition) is 7. The Morgan fingerprint density at radius 3 is 2.19 bits per heavy atom. The van der Waals surface area contributed by atoms with Crippen LogP contribution in [0.3, 0.4) is 0 Å². The molecule has 0 saturated heterocycles. The minimum absolute atomic E-state index is 0.139. The van der Waals surface area contributed by atoms with Crippen molar-refractivity contribution < 1.29 is 33.3 Å². The fourth-order valence-electron chi connectivity index (χ4n) is 4.81. The number of hydrogen-bond donors (Lipinski definition) is 0. The van der Waals surface area contributed by atoms with Gasteiger partial charge in [-0.2, -0.15) is 0 Å². The van der Waals surface area contributed by atoms with E-state index in [-0.39, 0.29) is 29.9 Å². The van der Waals surface area contributed by atoms with Crippen LogP contribution in [0.25, 0.3) is 6.08 Å². The quantitative estimate of drug-likeness (QED) is 0.237. The lowest BCUT2D eigenvalue weighted by molar-refractivity contribution is -0.135. The summed E-state index contributed by atoms with van der Waals surface area (Å²) >= 11 is 0. The van der Waals surface area contributed by atoms with Crippen molar-refractivity contribution >= 4 is 17.8 Å². The third-order valence-electron chi connectivity index (χ3n) is 6.81. The summed E-state index contributed by atoms with van der Waals surface area (Å²) in [4.78, 5) is 25.9. The highest BCUT2D eigenvalue weighted by Gasteiger charge is 2.38. The summed E-state index contributed by atoms with van der Waals surface area (Å²) in [5.74, 6) is 1.97. The maximum absolute atomic E-state index is 13.4. The second kappa shape index (κ2) is 9.65. The number of benzene rings is 3. The van der Waals surface area contributed by atoms with Crippen molar-refractivity contribution in [1.29, 1.82) is 0 Å². The molecule has 3 aromatic rings. The Hall–Kier alpha value is -4.26. The van der Waals surface area contributed by atoms with Gasteiger partial charge in [-0.05, 0) is 41.3 Å². The number of carbonyl (C=O) groups excluding carboxylic acids is 2. The maximum atomic E-state index is 13.4. The standard InChI is InChI=1S/C30H28O7/c1-16(2)17-6-8-18(9-7-17)21-14-27(31)36-22-11-10-20-29(32)26(37-30(20)28(21)22)13-19-12-24(34-4)25(35-5)15-23(19)33-3/h6-13,15-16,21H,14H2,1-5H3/b26-13-/t21-/m0/s1. The molecule has 0 radical (unpaired) electrons. The Kier molecular flexibility index (Phi) is 6.38. The molecule has 37 heavy (non-hydrogen) atoms. The number of rotatable bonds is 6. The Labute approximate surface area is 215 Å². The molecule has 0 aromatic heterocycles. The van der Waals surface area contributed by atoms with E-state index in [2.05, 4.69) is 26.0 Å². The van der Waals surface area contributed by atoms with E-state index in [1.807, 2.05) is 12.1 Å². The summed E-state index contributed by atoms with van der Waals surface area (Å²) in [6.07, 6.45) is 1.78. The first kappa shape index (κ1) is 24.4. The van der Waals surface area contributed by atoms with Crippen LogP contribution in [-0.2, 0) is 4.79 Å². The minimum Gasteiger partial charge on any atom is -0.496 e. The number of methoxy groups -OCH3 is 3. The van der Waals surface area contributed by atoms with Crippen molar-refractivity contribution in [3.05, 3.63) is 82.1 Å². The van der Waals surface area contributed by atoms with Gasteiger partial charge in [-0.1, -0.05) is 38.1 Å². The van der Waals surface area contributed by atoms with Gasteiger partial charge in [0.2, 0.25) is 5.78 Å². The maximum Gasteiger partial charge on any atom is 0.312 e. The average molecular weight is 501 g/mol. The van der Waals surface area contributed by atoms with Crippen LogP contribution in [0.4, 0.5) is 0 Å². The van der Waals surface area contributed by atoms with Crippen molar-refractivity contribution in [3.8, 4) is 28.7 Å². The molecule has 5 rings (SSSR count). The van der Waals surface area contributed by atoms with Crippen LogP contribution in [0.15, 0.2) is 54.3 Å². The lowest BCUT2D eigenvalue weighted by Gasteiger charge is -2.26. The van der Waals surface area contributed by atoms with Crippen molar-refractivity contribution in [3.63, 3.8) is 0 Å². The summed E-state index contributed by atoms with van der Waals surface area (Å²) < 4.78 is 28.0. The molecule has 1 atom stereocenters. The van der Waals surface area contributed by atoms with Crippen LogP contribution < -0.4 is 23.7 Å². The second-order valence-corrected chi connectivity index (χ2v) is 9.30. The Morgan fingerprint density at radius 2 is 1.54 bits per heavy atom. The zero-order chi connectivity index (χ0) is 26.3. The molecule has 0 amide bonds. The monoisotopic (exact) mass is 500 g/mol. The molecule has 0 aliphatic carbocycles. The summed E-state index contributed by atoms with van der Waals surface area (Å²) in [5.41, 5.74) is 3.89. The van der Waals surface area contributed by atoms with Crippen LogP contribution in [0.2, 0.25) is 0 Å². The van der Waals surface area contributed by atoms with Crippen molar-refractivity contribution in [2.45, 2.75) is 32.1 Å². The SMILES string of the molecule is COc1cc(OC)c(OC)cc1/C=C1\Oc2c(ccc3c2[C@H](c2ccc(C(C)C)cc2)CC(=O)O3)C1=O. The molecule has 0 saturated carbocycles. The zero-order valence-corrected chi connectivity index (χ0v) is 21.4. The largest absolute Gasteiger partial charge is 0.496 e. The second-order valence-electron chi connectivity index (χ2n) is 9.30. The number of ether oxygens (including phenoxy) is 5. The van der Waals surface area contributed by atoms with Gasteiger partial charge in [0.1, 0.15) is 17.2 Å². The number of fused-ring (bicyclic) bond motifs is 3. The highest BCUT2D eigenvalue weighted by molar-refractivity contribution is 6.15. The molecule has 0 spiro atoms. The van der Waals surface area contributed by atoms with Gasteiger partial charge in [0.05, 0.1) is 33.3 Å². The van der Waals surface area contributed by atoms with E-state index in [0.29, 0.717) is 51.4 Å². The molecule has 190 valence electrons. The molecule has 7 heteroatoms. The molecule has 0 N–H and O–H groups in total. The van der Waals surface area contributed by atoms with Gasteiger partial charge in [-0.25, -0.2) is 0 Å². The highest BCUT2D eigenvalue weighted by Crippen LogP contribution is 2.49. The molecule has 2 heterocycles. The number of allylic oxidation sites excluding steroid dienone is 1. The molecule has 0 fully saturated rings.